The van der Waals surface area contributed by atoms with Crippen LogP contribution in [0.4, 0.5) is 11.7 Å². The fraction of sp³-hybridized carbons (Fsp3) is 0. The van der Waals surface area contributed by atoms with Gasteiger partial charge in [-0.05, 0) is 42.5 Å². The zero-order valence-electron chi connectivity index (χ0n) is 10.1. The lowest BCUT2D eigenvalue weighted by atomic mass is 10.2. The molecule has 3 rings (SSSR count). The second-order valence-electron chi connectivity index (χ2n) is 4.14. The number of hydrogen-bond acceptors (Lipinski definition) is 4. The van der Waals surface area contributed by atoms with E-state index in [4.69, 9.17) is 21.1 Å². The van der Waals surface area contributed by atoms with Crippen molar-refractivity contribution in [1.82, 2.24) is 4.98 Å². The summed E-state index contributed by atoms with van der Waals surface area (Å²) >= 11 is 5.80. The second kappa shape index (κ2) is 4.86. The highest BCUT2D eigenvalue weighted by Gasteiger charge is 2.09. The number of carboxylic acids is 1. The van der Waals surface area contributed by atoms with Crippen LogP contribution in [0.25, 0.3) is 11.1 Å². The first kappa shape index (κ1) is 12.5. The van der Waals surface area contributed by atoms with E-state index in [9.17, 15) is 4.79 Å². The van der Waals surface area contributed by atoms with E-state index in [1.807, 2.05) is 0 Å². The van der Waals surface area contributed by atoms with Gasteiger partial charge in [-0.3, -0.25) is 0 Å². The Balaban J connectivity index is 1.92. The third-order valence-electron chi connectivity index (χ3n) is 2.73. The lowest BCUT2D eigenvalue weighted by Gasteiger charge is -2.00. The lowest BCUT2D eigenvalue weighted by Crippen LogP contribution is -1.94. The Bertz CT molecular complexity index is 781. The molecule has 0 aliphatic carbocycles. The van der Waals surface area contributed by atoms with Gasteiger partial charge in [0.05, 0.1) is 5.56 Å². The van der Waals surface area contributed by atoms with Gasteiger partial charge in [0.25, 0.3) is 6.01 Å². The van der Waals surface area contributed by atoms with Crippen LogP contribution in [0.3, 0.4) is 0 Å². The Hall–Kier alpha value is -2.53. The summed E-state index contributed by atoms with van der Waals surface area (Å²) in [5, 5.41) is 12.5. The van der Waals surface area contributed by atoms with Crippen LogP contribution in [0.15, 0.2) is 46.9 Å². The average molecular weight is 289 g/mol. The molecule has 0 atom stereocenters. The molecule has 0 fully saturated rings. The van der Waals surface area contributed by atoms with Crippen molar-refractivity contribution in [2.24, 2.45) is 0 Å². The molecule has 6 heteroatoms. The quantitative estimate of drug-likeness (QED) is 0.764. The third-order valence-corrected chi connectivity index (χ3v) is 2.98. The Morgan fingerprint density at radius 1 is 1.20 bits per heavy atom. The van der Waals surface area contributed by atoms with Crippen LogP contribution < -0.4 is 5.32 Å². The van der Waals surface area contributed by atoms with E-state index >= 15 is 0 Å². The van der Waals surface area contributed by atoms with Gasteiger partial charge in [-0.2, -0.15) is 4.98 Å². The number of hydrogen-bond donors (Lipinski definition) is 2. The lowest BCUT2D eigenvalue weighted by molar-refractivity contribution is 0.0697. The smallest absolute Gasteiger partial charge is 0.335 e. The molecule has 5 nitrogen and oxygen atoms in total. The van der Waals surface area contributed by atoms with Crippen molar-refractivity contribution < 1.29 is 14.3 Å². The Morgan fingerprint density at radius 2 is 1.95 bits per heavy atom. The first-order valence-electron chi connectivity index (χ1n) is 5.78. The van der Waals surface area contributed by atoms with Crippen LogP contribution in [0.5, 0.6) is 0 Å². The summed E-state index contributed by atoms with van der Waals surface area (Å²) in [4.78, 5) is 15.1. The van der Waals surface area contributed by atoms with Gasteiger partial charge in [-0.1, -0.05) is 11.6 Å². The number of aromatic nitrogens is 1. The second-order valence-corrected chi connectivity index (χ2v) is 4.58. The van der Waals surface area contributed by atoms with E-state index < -0.39 is 5.97 Å². The van der Waals surface area contributed by atoms with Crippen molar-refractivity contribution in [3.8, 4) is 0 Å². The molecular weight excluding hydrogens is 280 g/mol. The average Bonchev–Trinajstić information content (AvgIpc) is 2.82. The van der Waals surface area contributed by atoms with Crippen molar-refractivity contribution in [3.63, 3.8) is 0 Å². The van der Waals surface area contributed by atoms with Gasteiger partial charge < -0.3 is 14.8 Å². The molecule has 0 amide bonds. The highest BCUT2D eigenvalue weighted by molar-refractivity contribution is 6.30. The number of halogens is 1. The number of anilines is 2. The number of carboxylic acid groups (broad SMARTS) is 1. The maximum Gasteiger partial charge on any atom is 0.335 e. The van der Waals surface area contributed by atoms with E-state index in [0.29, 0.717) is 22.1 Å². The maximum atomic E-state index is 10.9. The van der Waals surface area contributed by atoms with Gasteiger partial charge in [0, 0.05) is 10.7 Å². The monoisotopic (exact) mass is 288 g/mol. The van der Waals surface area contributed by atoms with Crippen LogP contribution >= 0.6 is 11.6 Å². The molecule has 0 saturated carbocycles. The first-order valence-corrected chi connectivity index (χ1v) is 6.16. The topological polar surface area (TPSA) is 75.4 Å². The Labute approximate surface area is 118 Å². The van der Waals surface area contributed by atoms with E-state index in [0.717, 1.165) is 5.69 Å². The largest absolute Gasteiger partial charge is 0.478 e. The van der Waals surface area contributed by atoms with Gasteiger partial charge in [0.1, 0.15) is 5.52 Å². The van der Waals surface area contributed by atoms with Crippen molar-refractivity contribution >= 4 is 40.4 Å². The molecular formula is C14H9ClN2O3. The Morgan fingerprint density at radius 3 is 2.65 bits per heavy atom. The van der Waals surface area contributed by atoms with Crippen LogP contribution in [-0.4, -0.2) is 16.1 Å². The molecule has 20 heavy (non-hydrogen) atoms. The molecule has 0 unspecified atom stereocenters. The minimum absolute atomic E-state index is 0.159. The van der Waals surface area contributed by atoms with E-state index in [2.05, 4.69) is 10.3 Å². The highest BCUT2D eigenvalue weighted by atomic mass is 35.5. The predicted octanol–water partition coefficient (Wildman–Crippen LogP) is 3.92. The van der Waals surface area contributed by atoms with Crippen molar-refractivity contribution in [2.45, 2.75) is 0 Å². The van der Waals surface area contributed by atoms with Crippen molar-refractivity contribution in [2.75, 3.05) is 5.32 Å². The molecule has 2 aromatic carbocycles. The number of benzene rings is 2. The fourth-order valence-electron chi connectivity index (χ4n) is 1.77. The molecule has 0 aliphatic rings. The van der Waals surface area contributed by atoms with Crippen LogP contribution in [0.2, 0.25) is 5.02 Å². The molecule has 1 aromatic heterocycles. The number of rotatable bonds is 3. The molecule has 3 aromatic rings. The molecule has 0 saturated heterocycles. The zero-order chi connectivity index (χ0) is 14.1. The summed E-state index contributed by atoms with van der Waals surface area (Å²) in [6, 6.07) is 11.9. The summed E-state index contributed by atoms with van der Waals surface area (Å²) in [5.74, 6) is -1.00. The van der Waals surface area contributed by atoms with Crippen LogP contribution in [-0.2, 0) is 0 Å². The minimum atomic E-state index is -1.00. The highest BCUT2D eigenvalue weighted by Crippen LogP contribution is 2.23. The zero-order valence-corrected chi connectivity index (χ0v) is 10.9. The fourth-order valence-corrected chi connectivity index (χ4v) is 1.89. The predicted molar refractivity (Wildman–Crippen MR) is 75.7 cm³/mol. The van der Waals surface area contributed by atoms with Gasteiger partial charge in [0.2, 0.25) is 0 Å². The number of fused-ring (bicyclic) bond motifs is 1. The Kier molecular flexibility index (Phi) is 3.04. The standard InChI is InChI=1S/C14H9ClN2O3/c15-9-2-4-10(5-3-9)16-14-17-11-6-1-8(13(18)19)7-12(11)20-14/h1-7H,(H,16,17)(H,18,19). The van der Waals surface area contributed by atoms with E-state index in [1.165, 1.54) is 12.1 Å². The first-order chi connectivity index (χ1) is 9.61. The van der Waals surface area contributed by atoms with Gasteiger partial charge in [0.15, 0.2) is 5.58 Å². The SMILES string of the molecule is O=C(O)c1ccc2nc(Nc3ccc(Cl)cc3)oc2c1. The summed E-state index contributed by atoms with van der Waals surface area (Å²) in [6.07, 6.45) is 0. The van der Waals surface area contributed by atoms with Crippen molar-refractivity contribution in [3.05, 3.63) is 53.1 Å². The maximum absolute atomic E-state index is 10.9. The molecule has 0 radical (unpaired) electrons. The van der Waals surface area contributed by atoms with E-state index in [-0.39, 0.29) is 5.56 Å². The number of nitrogens with one attached hydrogen (secondary N) is 1. The molecule has 100 valence electrons. The summed E-state index contributed by atoms with van der Waals surface area (Å²) in [7, 11) is 0. The van der Waals surface area contributed by atoms with Crippen LogP contribution in [0.1, 0.15) is 10.4 Å². The van der Waals surface area contributed by atoms with Crippen molar-refractivity contribution in [1.29, 1.82) is 0 Å². The number of nitrogens with zero attached hydrogens (tertiary/aromatic N) is 1. The molecule has 0 spiro atoms. The normalized spacial score (nSPS) is 10.7. The number of carbonyl (C=O) groups is 1. The molecule has 1 heterocycles. The molecule has 0 aliphatic heterocycles. The van der Waals surface area contributed by atoms with Gasteiger partial charge in [-0.25, -0.2) is 4.79 Å². The molecule has 2 N–H and O–H groups in total. The third kappa shape index (κ3) is 2.44. The van der Waals surface area contributed by atoms with Gasteiger partial charge >= 0.3 is 5.97 Å². The van der Waals surface area contributed by atoms with Gasteiger partial charge in [-0.15, -0.1) is 0 Å². The summed E-state index contributed by atoms with van der Waals surface area (Å²) in [6.45, 7) is 0. The minimum Gasteiger partial charge on any atom is -0.478 e. The summed E-state index contributed by atoms with van der Waals surface area (Å²) < 4.78 is 5.47. The summed E-state index contributed by atoms with van der Waals surface area (Å²) in [5.41, 5.74) is 1.94. The van der Waals surface area contributed by atoms with Crippen LogP contribution in [0, 0.1) is 0 Å². The molecule has 0 bridgehead atoms. The van der Waals surface area contributed by atoms with E-state index in [1.54, 1.807) is 30.3 Å². The number of aromatic carboxylic acids is 1. The number of oxazole rings is 1.